The van der Waals surface area contributed by atoms with Crippen molar-refractivity contribution in [2.24, 2.45) is 23.7 Å². The van der Waals surface area contributed by atoms with Gasteiger partial charge in [0.15, 0.2) is 0 Å². The maximum absolute atomic E-state index is 13.3. The maximum Gasteiger partial charge on any atom is 0.319 e. The number of rotatable bonds is 6. The molecule has 0 radical (unpaired) electrons. The Morgan fingerprint density at radius 2 is 1.72 bits per heavy atom. The molecule has 0 spiro atoms. The molecule has 2 saturated heterocycles. The summed E-state index contributed by atoms with van der Waals surface area (Å²) in [5.41, 5.74) is 2.23. The number of amides is 3. The van der Waals surface area contributed by atoms with E-state index in [0.29, 0.717) is 23.7 Å². The van der Waals surface area contributed by atoms with Gasteiger partial charge in [-0.25, -0.2) is 4.79 Å². The molecule has 3 N–H and O–H groups in total. The minimum Gasteiger partial charge on any atom is -0.376 e. The molecule has 4 bridgehead atoms. The molecule has 1 aromatic rings. The Morgan fingerprint density at radius 1 is 1.03 bits per heavy atom. The molecule has 1 aromatic carbocycles. The summed E-state index contributed by atoms with van der Waals surface area (Å²) < 4.78 is 5.70. The third-order valence-corrected chi connectivity index (χ3v) is 9.55. The highest BCUT2D eigenvalue weighted by Gasteiger charge is 2.51. The van der Waals surface area contributed by atoms with Gasteiger partial charge in [0.2, 0.25) is 0 Å². The van der Waals surface area contributed by atoms with Crippen LogP contribution in [0.4, 0.5) is 16.2 Å². The number of hydrogen-bond donors (Lipinski definition) is 3. The monoisotopic (exact) mass is 494 g/mol. The standard InChI is InChI=1S/C29H42N4O3/c1-19-6-8-33(9-7-19)26-5-4-23(14-25(26)27(34)30-18-24-3-2-10-36-24)31-28(35)32-29-15-20-11-21(16-29)13-22(12-20)17-29/h4-5,14,19-22,24H,2-3,6-13,15-18H2,1H3,(H,30,34)(H2,31,32,35)/t20?,21?,22?,24-,29?/m0/s1. The molecular weight excluding hydrogens is 452 g/mol. The van der Waals surface area contributed by atoms with Crippen molar-refractivity contribution in [3.05, 3.63) is 23.8 Å². The lowest BCUT2D eigenvalue weighted by molar-refractivity contribution is -0.0127. The fourth-order valence-corrected chi connectivity index (χ4v) is 8.09. The number of nitrogens with zero attached hydrogens (tertiary/aromatic N) is 1. The Labute approximate surface area is 215 Å². The average Bonchev–Trinajstić information content (AvgIpc) is 3.36. The van der Waals surface area contributed by atoms with Crippen molar-refractivity contribution in [2.45, 2.75) is 82.8 Å². The normalized spacial score (nSPS) is 33.5. The van der Waals surface area contributed by atoms with Crippen LogP contribution in [0, 0.1) is 23.7 Å². The summed E-state index contributed by atoms with van der Waals surface area (Å²) >= 11 is 0. The second-order valence-corrected chi connectivity index (χ2v) is 12.5. The number of carbonyl (C=O) groups excluding carboxylic acids is 2. The molecule has 0 unspecified atom stereocenters. The van der Waals surface area contributed by atoms with Gasteiger partial charge in [-0.3, -0.25) is 4.79 Å². The Kier molecular flexibility index (Phi) is 6.61. The molecule has 196 valence electrons. The number of nitrogens with one attached hydrogen (secondary N) is 3. The zero-order valence-corrected chi connectivity index (χ0v) is 21.7. The van der Waals surface area contributed by atoms with E-state index in [4.69, 9.17) is 4.74 Å². The zero-order valence-electron chi connectivity index (χ0n) is 21.7. The zero-order chi connectivity index (χ0) is 24.7. The molecule has 2 aliphatic heterocycles. The van der Waals surface area contributed by atoms with Crippen molar-refractivity contribution < 1.29 is 14.3 Å². The Balaban J connectivity index is 1.16. The van der Waals surface area contributed by atoms with Gasteiger partial charge in [0, 0.05) is 43.2 Å². The number of piperidine rings is 1. The van der Waals surface area contributed by atoms with Gasteiger partial charge in [-0.1, -0.05) is 6.92 Å². The summed E-state index contributed by atoms with van der Waals surface area (Å²) in [6.07, 6.45) is 11.8. The van der Waals surface area contributed by atoms with Gasteiger partial charge in [-0.2, -0.15) is 0 Å². The second-order valence-electron chi connectivity index (χ2n) is 12.5. The summed E-state index contributed by atoms with van der Waals surface area (Å²) in [4.78, 5) is 28.8. The number of anilines is 2. The van der Waals surface area contributed by atoms with Crippen LogP contribution >= 0.6 is 0 Å². The first kappa shape index (κ1) is 24.1. The number of hydrogen-bond acceptors (Lipinski definition) is 4. The highest BCUT2D eigenvalue weighted by molar-refractivity contribution is 6.02. The van der Waals surface area contributed by atoms with E-state index in [9.17, 15) is 9.59 Å². The second kappa shape index (κ2) is 9.88. The lowest BCUT2D eigenvalue weighted by Crippen LogP contribution is -2.60. The summed E-state index contributed by atoms with van der Waals surface area (Å²) in [5, 5.41) is 9.56. The molecule has 0 aromatic heterocycles. The van der Waals surface area contributed by atoms with Crippen LogP contribution in [-0.2, 0) is 4.74 Å². The Morgan fingerprint density at radius 3 is 2.36 bits per heavy atom. The lowest BCUT2D eigenvalue weighted by Gasteiger charge is -2.56. The summed E-state index contributed by atoms with van der Waals surface area (Å²) in [5.74, 6) is 2.96. The van der Waals surface area contributed by atoms with E-state index in [0.717, 1.165) is 88.1 Å². The average molecular weight is 495 g/mol. The van der Waals surface area contributed by atoms with Crippen molar-refractivity contribution in [2.75, 3.05) is 36.5 Å². The predicted molar refractivity (Wildman–Crippen MR) is 141 cm³/mol. The molecule has 6 fully saturated rings. The fourth-order valence-electron chi connectivity index (χ4n) is 8.09. The van der Waals surface area contributed by atoms with E-state index in [1.165, 1.54) is 19.3 Å². The van der Waals surface area contributed by atoms with E-state index in [-0.39, 0.29) is 23.6 Å². The molecule has 4 aliphatic carbocycles. The van der Waals surface area contributed by atoms with Crippen LogP contribution < -0.4 is 20.9 Å². The van der Waals surface area contributed by atoms with Crippen LogP contribution in [0.5, 0.6) is 0 Å². The van der Waals surface area contributed by atoms with Crippen molar-refractivity contribution in [1.29, 1.82) is 0 Å². The lowest BCUT2D eigenvalue weighted by atomic mass is 9.53. The first-order chi connectivity index (χ1) is 17.4. The van der Waals surface area contributed by atoms with Gasteiger partial charge < -0.3 is 25.6 Å². The quantitative estimate of drug-likeness (QED) is 0.524. The van der Waals surface area contributed by atoms with Gasteiger partial charge >= 0.3 is 6.03 Å². The Bertz CT molecular complexity index is 945. The SMILES string of the molecule is CC1CCN(c2ccc(NC(=O)NC34CC5CC(CC(C5)C3)C4)cc2C(=O)NC[C@@H]2CCCO2)CC1. The summed E-state index contributed by atoms with van der Waals surface area (Å²) in [6, 6.07) is 5.68. The van der Waals surface area contributed by atoms with Crippen molar-refractivity contribution in [3.8, 4) is 0 Å². The van der Waals surface area contributed by atoms with Crippen LogP contribution in [0.15, 0.2) is 18.2 Å². The molecule has 7 rings (SSSR count). The predicted octanol–water partition coefficient (Wildman–Crippen LogP) is 4.92. The van der Waals surface area contributed by atoms with E-state index < -0.39 is 0 Å². The Hall–Kier alpha value is -2.28. The van der Waals surface area contributed by atoms with Crippen LogP contribution in [0.2, 0.25) is 0 Å². The third kappa shape index (κ3) is 5.09. The molecular formula is C29H42N4O3. The molecule has 2 heterocycles. The molecule has 3 amide bonds. The van der Waals surface area contributed by atoms with E-state index >= 15 is 0 Å². The van der Waals surface area contributed by atoms with E-state index in [1.54, 1.807) is 0 Å². The van der Waals surface area contributed by atoms with Gasteiger partial charge in [0.1, 0.15) is 0 Å². The van der Waals surface area contributed by atoms with Crippen LogP contribution in [0.25, 0.3) is 0 Å². The topological polar surface area (TPSA) is 82.7 Å². The number of urea groups is 1. The molecule has 6 aliphatic rings. The largest absolute Gasteiger partial charge is 0.376 e. The van der Waals surface area contributed by atoms with Gasteiger partial charge in [-0.05, 0) is 106 Å². The molecule has 36 heavy (non-hydrogen) atoms. The number of ether oxygens (including phenoxy) is 1. The van der Waals surface area contributed by atoms with Crippen molar-refractivity contribution in [1.82, 2.24) is 10.6 Å². The van der Waals surface area contributed by atoms with Crippen LogP contribution in [-0.4, -0.2) is 49.8 Å². The highest BCUT2D eigenvalue weighted by atomic mass is 16.5. The van der Waals surface area contributed by atoms with Gasteiger partial charge in [0.25, 0.3) is 5.91 Å². The first-order valence-corrected chi connectivity index (χ1v) is 14.3. The molecule has 1 atom stereocenters. The van der Waals surface area contributed by atoms with Gasteiger partial charge in [-0.15, -0.1) is 0 Å². The van der Waals surface area contributed by atoms with Crippen LogP contribution in [0.3, 0.4) is 0 Å². The van der Waals surface area contributed by atoms with E-state index in [1.807, 2.05) is 18.2 Å². The number of benzene rings is 1. The number of carbonyl (C=O) groups is 2. The first-order valence-electron chi connectivity index (χ1n) is 14.3. The molecule has 7 nitrogen and oxygen atoms in total. The maximum atomic E-state index is 13.3. The van der Waals surface area contributed by atoms with Crippen molar-refractivity contribution >= 4 is 23.3 Å². The summed E-state index contributed by atoms with van der Waals surface area (Å²) in [7, 11) is 0. The summed E-state index contributed by atoms with van der Waals surface area (Å²) in [6.45, 7) is 5.50. The fraction of sp³-hybridized carbons (Fsp3) is 0.724. The van der Waals surface area contributed by atoms with Gasteiger partial charge in [0.05, 0.1) is 11.7 Å². The smallest absolute Gasteiger partial charge is 0.319 e. The highest BCUT2D eigenvalue weighted by Crippen LogP contribution is 2.55. The van der Waals surface area contributed by atoms with Crippen molar-refractivity contribution in [3.63, 3.8) is 0 Å². The molecule has 4 saturated carbocycles. The third-order valence-electron chi connectivity index (χ3n) is 9.55. The van der Waals surface area contributed by atoms with Crippen LogP contribution in [0.1, 0.15) is 81.5 Å². The minimum atomic E-state index is -0.137. The van der Waals surface area contributed by atoms with E-state index in [2.05, 4.69) is 27.8 Å². The minimum absolute atomic E-state index is 0.0369. The molecule has 7 heteroatoms.